The van der Waals surface area contributed by atoms with Crippen LogP contribution in [-0.2, 0) is 21.9 Å². The molecule has 0 fully saturated rings. The fraction of sp³-hybridized carbons (Fsp3) is 0.162. The molecule has 0 saturated heterocycles. The summed E-state index contributed by atoms with van der Waals surface area (Å²) in [6.07, 6.45) is 0.817. The molecule has 0 saturated carbocycles. The van der Waals surface area contributed by atoms with Crippen LogP contribution in [0.1, 0.15) is 40.4 Å². The number of ketones is 1. The minimum absolute atomic E-state index is 0.110. The Balaban J connectivity index is 1.62. The smallest absolute Gasteiger partial charge is 0.268 e. The van der Waals surface area contributed by atoms with E-state index in [-0.39, 0.29) is 10.7 Å². The third kappa shape index (κ3) is 4.20. The molecule has 43 heavy (non-hydrogen) atoms. The lowest BCUT2D eigenvalue weighted by atomic mass is 9.77. The maximum atomic E-state index is 14.7. The molecule has 0 unspecified atom stereocenters. The van der Waals surface area contributed by atoms with Gasteiger partial charge in [-0.05, 0) is 59.5 Å². The zero-order valence-corrected chi connectivity index (χ0v) is 25.1. The van der Waals surface area contributed by atoms with Crippen LogP contribution in [0.3, 0.4) is 0 Å². The van der Waals surface area contributed by atoms with Crippen LogP contribution in [0, 0.1) is 6.92 Å². The van der Waals surface area contributed by atoms with Crippen molar-refractivity contribution in [3.8, 4) is 17.0 Å². The summed E-state index contributed by atoms with van der Waals surface area (Å²) in [5.74, 6) is 0.689. The second kappa shape index (κ2) is 9.96. The Bertz CT molecular complexity index is 2180. The molecule has 1 aromatic heterocycles. The van der Waals surface area contributed by atoms with Crippen LogP contribution >= 0.6 is 0 Å². The molecule has 6 heteroatoms. The number of aromatic nitrogens is 1. The number of fused-ring (bicyclic) bond motifs is 3. The van der Waals surface area contributed by atoms with Gasteiger partial charge in [0.15, 0.2) is 5.78 Å². The quantitative estimate of drug-likeness (QED) is 0.198. The molecule has 0 radical (unpaired) electrons. The molecular weight excluding hydrogens is 554 g/mol. The van der Waals surface area contributed by atoms with Gasteiger partial charge in [-0.1, -0.05) is 97.4 Å². The number of hydrogen-bond acceptors (Lipinski definition) is 4. The van der Waals surface area contributed by atoms with E-state index in [1.165, 1.54) is 3.97 Å². The molecule has 5 nitrogen and oxygen atoms in total. The largest absolute Gasteiger partial charge is 0.496 e. The van der Waals surface area contributed by atoms with Crippen molar-refractivity contribution in [2.24, 2.45) is 0 Å². The number of carbonyl (C=O) groups is 1. The first-order valence-electron chi connectivity index (χ1n) is 14.4. The molecule has 0 amide bonds. The van der Waals surface area contributed by atoms with Crippen LogP contribution in [0.5, 0.6) is 5.75 Å². The van der Waals surface area contributed by atoms with E-state index in [9.17, 15) is 13.2 Å². The summed E-state index contributed by atoms with van der Waals surface area (Å²) in [5.41, 5.74) is 4.92. The Labute approximate surface area is 251 Å². The highest BCUT2D eigenvalue weighted by Crippen LogP contribution is 2.48. The molecular formula is C37H31NO4S. The monoisotopic (exact) mass is 585 g/mol. The standard InChI is InChI=1S/C37H31NO4S/c1-24-16-19-26(20-17-24)43(40,41)38-32-15-9-7-12-28(32)30(22-37(2)23-33(39)29-13-6-8-14-31(29)37)36(38)35-27-11-5-4-10-25(27)18-21-34(35)42-3/h4-21H,22-23H2,1-3H3/t37-/m0/s1. The second-order valence-electron chi connectivity index (χ2n) is 11.7. The Kier molecular flexibility index (Phi) is 6.29. The minimum atomic E-state index is -4.06. The molecule has 0 N–H and O–H groups in total. The lowest BCUT2D eigenvalue weighted by molar-refractivity contribution is 0.0976. The Hall–Kier alpha value is -4.68. The van der Waals surface area contributed by atoms with Gasteiger partial charge in [0.2, 0.25) is 0 Å². The molecule has 6 aromatic rings. The molecule has 1 aliphatic carbocycles. The fourth-order valence-corrected chi connectivity index (χ4v) is 8.34. The van der Waals surface area contributed by atoms with Gasteiger partial charge in [0, 0.05) is 28.3 Å². The predicted octanol–water partition coefficient (Wildman–Crippen LogP) is 8.10. The third-order valence-corrected chi connectivity index (χ3v) is 10.6. The van der Waals surface area contributed by atoms with Gasteiger partial charge in [-0.3, -0.25) is 4.79 Å². The summed E-state index contributed by atoms with van der Waals surface area (Å²) >= 11 is 0. The highest BCUT2D eigenvalue weighted by Gasteiger charge is 2.42. The molecule has 1 atom stereocenters. The number of ether oxygens (including phenoxy) is 1. The van der Waals surface area contributed by atoms with E-state index >= 15 is 0 Å². The van der Waals surface area contributed by atoms with E-state index in [0.717, 1.165) is 38.4 Å². The van der Waals surface area contributed by atoms with Crippen molar-refractivity contribution in [1.29, 1.82) is 0 Å². The van der Waals surface area contributed by atoms with Gasteiger partial charge in [-0.2, -0.15) is 0 Å². The number of carbonyl (C=O) groups excluding carboxylic acids is 1. The first kappa shape index (κ1) is 27.2. The number of rotatable bonds is 6. The van der Waals surface area contributed by atoms with E-state index < -0.39 is 15.4 Å². The molecule has 0 bridgehead atoms. The maximum absolute atomic E-state index is 14.7. The maximum Gasteiger partial charge on any atom is 0.268 e. The van der Waals surface area contributed by atoms with Crippen LogP contribution in [-0.4, -0.2) is 25.3 Å². The van der Waals surface area contributed by atoms with Crippen molar-refractivity contribution in [3.05, 3.63) is 131 Å². The second-order valence-corrected chi connectivity index (χ2v) is 13.5. The zero-order valence-electron chi connectivity index (χ0n) is 24.3. The van der Waals surface area contributed by atoms with Gasteiger partial charge in [0.1, 0.15) is 5.75 Å². The third-order valence-electron chi connectivity index (χ3n) is 8.84. The summed E-state index contributed by atoms with van der Waals surface area (Å²) in [7, 11) is -2.45. The van der Waals surface area contributed by atoms with Crippen molar-refractivity contribution >= 4 is 37.5 Å². The van der Waals surface area contributed by atoms with Gasteiger partial charge in [0.05, 0.1) is 23.2 Å². The highest BCUT2D eigenvalue weighted by molar-refractivity contribution is 7.90. The van der Waals surface area contributed by atoms with E-state index in [1.54, 1.807) is 19.2 Å². The Morgan fingerprint density at radius 3 is 2.26 bits per heavy atom. The predicted molar refractivity (Wildman–Crippen MR) is 172 cm³/mol. The normalized spacial score (nSPS) is 16.6. The minimum Gasteiger partial charge on any atom is -0.496 e. The molecule has 0 spiro atoms. The summed E-state index contributed by atoms with van der Waals surface area (Å²) < 4.78 is 36.9. The highest BCUT2D eigenvalue weighted by atomic mass is 32.2. The van der Waals surface area contributed by atoms with E-state index in [1.807, 2.05) is 104 Å². The number of hydrogen-bond donors (Lipinski definition) is 0. The first-order valence-corrected chi connectivity index (χ1v) is 15.8. The Morgan fingerprint density at radius 2 is 1.49 bits per heavy atom. The molecule has 5 aromatic carbocycles. The van der Waals surface area contributed by atoms with Crippen molar-refractivity contribution in [3.63, 3.8) is 0 Å². The summed E-state index contributed by atoms with van der Waals surface area (Å²) in [6, 6.07) is 34.3. The summed E-state index contributed by atoms with van der Waals surface area (Å²) in [5, 5.41) is 2.70. The van der Waals surface area contributed by atoms with Gasteiger partial charge in [-0.15, -0.1) is 0 Å². The van der Waals surface area contributed by atoms with Crippen molar-refractivity contribution in [1.82, 2.24) is 3.97 Å². The molecule has 0 aliphatic heterocycles. The van der Waals surface area contributed by atoms with E-state index in [2.05, 4.69) is 6.92 Å². The summed E-state index contributed by atoms with van der Waals surface area (Å²) in [4.78, 5) is 13.4. The van der Waals surface area contributed by atoms with Gasteiger partial charge >= 0.3 is 0 Å². The fourth-order valence-electron chi connectivity index (χ4n) is 6.78. The molecule has 7 rings (SSSR count). The summed E-state index contributed by atoms with van der Waals surface area (Å²) in [6.45, 7) is 4.05. The van der Waals surface area contributed by atoms with Crippen molar-refractivity contribution < 1.29 is 17.9 Å². The number of nitrogens with zero attached hydrogens (tertiary/aromatic N) is 1. The van der Waals surface area contributed by atoms with Crippen LogP contribution in [0.2, 0.25) is 0 Å². The van der Waals surface area contributed by atoms with Crippen LogP contribution in [0.15, 0.2) is 114 Å². The van der Waals surface area contributed by atoms with Crippen molar-refractivity contribution in [2.45, 2.75) is 37.0 Å². The van der Waals surface area contributed by atoms with Gasteiger partial charge in [-0.25, -0.2) is 12.4 Å². The van der Waals surface area contributed by atoms with Crippen LogP contribution in [0.4, 0.5) is 0 Å². The molecule has 1 heterocycles. The van der Waals surface area contributed by atoms with E-state index in [4.69, 9.17) is 4.74 Å². The number of aryl methyl sites for hydroxylation is 1. The Morgan fingerprint density at radius 1 is 0.814 bits per heavy atom. The number of para-hydroxylation sites is 1. The average molecular weight is 586 g/mol. The SMILES string of the molecule is COc1ccc2ccccc2c1-c1c(C[C@@]2(C)CC(=O)c3ccccc32)c2ccccc2n1S(=O)(=O)c1ccc(C)cc1. The number of methoxy groups -OCH3 is 1. The van der Waals surface area contributed by atoms with Gasteiger partial charge in [0.25, 0.3) is 10.0 Å². The lowest BCUT2D eigenvalue weighted by Gasteiger charge is -2.26. The lowest BCUT2D eigenvalue weighted by Crippen LogP contribution is -2.23. The average Bonchev–Trinajstić information content (AvgIpc) is 3.47. The molecule has 214 valence electrons. The van der Waals surface area contributed by atoms with Crippen LogP contribution in [0.25, 0.3) is 32.9 Å². The molecule has 1 aliphatic rings. The van der Waals surface area contributed by atoms with Gasteiger partial charge < -0.3 is 4.74 Å². The van der Waals surface area contributed by atoms with E-state index in [0.29, 0.717) is 35.4 Å². The number of benzene rings is 5. The van der Waals surface area contributed by atoms with Crippen molar-refractivity contribution in [2.75, 3.05) is 7.11 Å². The first-order chi connectivity index (χ1) is 20.7. The number of Topliss-reactive ketones (excluding diaryl/α,β-unsaturated/α-hetero) is 1. The topological polar surface area (TPSA) is 65.4 Å². The van der Waals surface area contributed by atoms with Crippen LogP contribution < -0.4 is 4.74 Å². The zero-order chi connectivity index (χ0) is 29.9.